The van der Waals surface area contributed by atoms with E-state index in [-0.39, 0.29) is 12.7 Å². The van der Waals surface area contributed by atoms with E-state index in [0.29, 0.717) is 6.54 Å². The zero-order chi connectivity index (χ0) is 14.5. The van der Waals surface area contributed by atoms with Crippen LogP contribution >= 0.6 is 0 Å². The topological polar surface area (TPSA) is 64.8 Å². The molecule has 0 unspecified atom stereocenters. The molecule has 1 aromatic carbocycles. The first-order valence-electron chi connectivity index (χ1n) is 7.01. The summed E-state index contributed by atoms with van der Waals surface area (Å²) in [6, 6.07) is 5.31. The molecule has 0 fully saturated rings. The van der Waals surface area contributed by atoms with Crippen molar-refractivity contribution in [2.75, 3.05) is 13.8 Å². The van der Waals surface area contributed by atoms with Crippen molar-refractivity contribution in [3.8, 4) is 11.5 Å². The van der Waals surface area contributed by atoms with Crippen molar-refractivity contribution in [2.45, 2.75) is 38.8 Å². The average Bonchev–Trinajstić information content (AvgIpc) is 2.91. The predicted molar refractivity (Wildman–Crippen MR) is 76.5 cm³/mol. The second-order valence-electron chi connectivity index (χ2n) is 5.13. The summed E-state index contributed by atoms with van der Waals surface area (Å²) >= 11 is 0. The molecule has 0 saturated heterocycles. The van der Waals surface area contributed by atoms with Gasteiger partial charge in [0.05, 0.1) is 6.04 Å². The maximum Gasteiger partial charge on any atom is 0.239 e. The van der Waals surface area contributed by atoms with Crippen LogP contribution in [0.15, 0.2) is 18.2 Å². The van der Waals surface area contributed by atoms with E-state index in [1.54, 1.807) is 11.9 Å². The minimum Gasteiger partial charge on any atom is -0.454 e. The van der Waals surface area contributed by atoms with E-state index in [2.05, 4.69) is 6.92 Å². The van der Waals surface area contributed by atoms with Crippen LogP contribution in [-0.4, -0.2) is 30.7 Å². The van der Waals surface area contributed by atoms with Crippen LogP contribution in [0.25, 0.3) is 0 Å². The van der Waals surface area contributed by atoms with Gasteiger partial charge in [-0.05, 0) is 24.1 Å². The van der Waals surface area contributed by atoms with Gasteiger partial charge in [0.15, 0.2) is 11.5 Å². The number of hydrogen-bond donors (Lipinski definition) is 1. The highest BCUT2D eigenvalue weighted by atomic mass is 16.7. The molecule has 1 aliphatic rings. The smallest absolute Gasteiger partial charge is 0.239 e. The third kappa shape index (κ3) is 3.42. The molecule has 5 heteroatoms. The monoisotopic (exact) mass is 278 g/mol. The zero-order valence-electron chi connectivity index (χ0n) is 12.1. The first-order valence-corrected chi connectivity index (χ1v) is 7.01. The van der Waals surface area contributed by atoms with E-state index in [0.717, 1.165) is 36.3 Å². The van der Waals surface area contributed by atoms with Gasteiger partial charge in [-0.3, -0.25) is 4.79 Å². The largest absolute Gasteiger partial charge is 0.454 e. The van der Waals surface area contributed by atoms with Crippen molar-refractivity contribution >= 4 is 5.91 Å². The summed E-state index contributed by atoms with van der Waals surface area (Å²) < 4.78 is 10.6. The fourth-order valence-electron chi connectivity index (χ4n) is 2.22. The van der Waals surface area contributed by atoms with E-state index in [4.69, 9.17) is 15.2 Å². The van der Waals surface area contributed by atoms with Crippen molar-refractivity contribution in [1.29, 1.82) is 0 Å². The van der Waals surface area contributed by atoms with E-state index in [1.807, 2.05) is 18.2 Å². The summed E-state index contributed by atoms with van der Waals surface area (Å²) in [5, 5.41) is 0. The van der Waals surface area contributed by atoms with Crippen LogP contribution < -0.4 is 15.2 Å². The molecule has 1 amide bonds. The lowest BCUT2D eigenvalue weighted by atomic mass is 10.1. The van der Waals surface area contributed by atoms with Gasteiger partial charge < -0.3 is 20.1 Å². The molecule has 5 nitrogen and oxygen atoms in total. The summed E-state index contributed by atoms with van der Waals surface area (Å²) in [5.41, 5.74) is 6.92. The summed E-state index contributed by atoms with van der Waals surface area (Å²) in [6.07, 6.45) is 2.76. The van der Waals surface area contributed by atoms with Crippen molar-refractivity contribution in [3.05, 3.63) is 23.8 Å². The van der Waals surface area contributed by atoms with Crippen LogP contribution in [0.5, 0.6) is 11.5 Å². The third-order valence-corrected chi connectivity index (χ3v) is 3.42. The Morgan fingerprint density at radius 2 is 2.15 bits per heavy atom. The highest BCUT2D eigenvalue weighted by Gasteiger charge is 2.19. The van der Waals surface area contributed by atoms with Gasteiger partial charge in [0.1, 0.15) is 0 Å². The van der Waals surface area contributed by atoms with Gasteiger partial charge in [0.25, 0.3) is 0 Å². The molecule has 2 N–H and O–H groups in total. The molecule has 2 rings (SSSR count). The Hall–Kier alpha value is -1.75. The molecule has 0 bridgehead atoms. The minimum absolute atomic E-state index is 0.0175. The number of fused-ring (bicyclic) bond motifs is 1. The fraction of sp³-hybridized carbons (Fsp3) is 0.533. The molecular weight excluding hydrogens is 256 g/mol. The van der Waals surface area contributed by atoms with Crippen LogP contribution in [0, 0.1) is 0 Å². The molecule has 0 spiro atoms. The van der Waals surface area contributed by atoms with Crippen LogP contribution in [0.4, 0.5) is 0 Å². The number of ether oxygens (including phenoxy) is 2. The number of rotatable bonds is 6. The molecule has 0 aliphatic carbocycles. The Morgan fingerprint density at radius 3 is 2.90 bits per heavy atom. The highest BCUT2D eigenvalue weighted by Crippen LogP contribution is 2.32. The van der Waals surface area contributed by atoms with Gasteiger partial charge in [-0.1, -0.05) is 25.8 Å². The molecule has 110 valence electrons. The molecule has 0 aromatic heterocycles. The van der Waals surface area contributed by atoms with Crippen molar-refractivity contribution in [1.82, 2.24) is 4.90 Å². The first kappa shape index (κ1) is 14.7. The van der Waals surface area contributed by atoms with Gasteiger partial charge in [0.2, 0.25) is 12.7 Å². The number of unbranched alkanes of at least 4 members (excludes halogenated alkanes) is 1. The second kappa shape index (κ2) is 6.61. The Morgan fingerprint density at radius 1 is 1.40 bits per heavy atom. The number of benzene rings is 1. The maximum absolute atomic E-state index is 12.1. The van der Waals surface area contributed by atoms with Gasteiger partial charge in [0, 0.05) is 13.6 Å². The van der Waals surface area contributed by atoms with Gasteiger partial charge >= 0.3 is 0 Å². The van der Waals surface area contributed by atoms with Crippen LogP contribution in [0.1, 0.15) is 31.7 Å². The van der Waals surface area contributed by atoms with Crippen molar-refractivity contribution in [2.24, 2.45) is 5.73 Å². The number of carbonyl (C=O) groups excluding carboxylic acids is 1. The molecule has 20 heavy (non-hydrogen) atoms. The maximum atomic E-state index is 12.1. The lowest BCUT2D eigenvalue weighted by molar-refractivity contribution is -0.132. The number of likely N-dealkylation sites (N-methyl/N-ethyl adjacent to an activating group) is 1. The van der Waals surface area contributed by atoms with Gasteiger partial charge in [-0.2, -0.15) is 0 Å². The van der Waals surface area contributed by atoms with Gasteiger partial charge in [-0.25, -0.2) is 0 Å². The second-order valence-corrected chi connectivity index (χ2v) is 5.13. The summed E-state index contributed by atoms with van der Waals surface area (Å²) in [7, 11) is 1.78. The van der Waals surface area contributed by atoms with E-state index >= 15 is 0 Å². The number of nitrogens with zero attached hydrogens (tertiary/aromatic N) is 1. The predicted octanol–water partition coefficient (Wildman–Crippen LogP) is 1.89. The molecular formula is C15H22N2O3. The Balaban J connectivity index is 1.93. The Kier molecular flexibility index (Phi) is 4.84. The van der Waals surface area contributed by atoms with Crippen LogP contribution in [0.3, 0.4) is 0 Å². The average molecular weight is 278 g/mol. The number of hydrogen-bond acceptors (Lipinski definition) is 4. The van der Waals surface area contributed by atoms with Crippen molar-refractivity contribution in [3.63, 3.8) is 0 Å². The SMILES string of the molecule is CCCC[C@H](N)C(=O)N(C)Cc1ccc2c(c1)OCO2. The Labute approximate surface area is 119 Å². The van der Waals surface area contributed by atoms with E-state index in [9.17, 15) is 4.79 Å². The summed E-state index contributed by atoms with van der Waals surface area (Å²) in [5.74, 6) is 1.47. The number of amides is 1. The third-order valence-electron chi connectivity index (χ3n) is 3.42. The van der Waals surface area contributed by atoms with E-state index < -0.39 is 6.04 Å². The normalized spacial score (nSPS) is 14.2. The standard InChI is InChI=1S/C15H22N2O3/c1-3-4-5-12(16)15(18)17(2)9-11-6-7-13-14(8-11)20-10-19-13/h6-8,12H,3-5,9-10,16H2,1-2H3/t12-/m0/s1. The molecule has 0 saturated carbocycles. The van der Waals surface area contributed by atoms with Crippen molar-refractivity contribution < 1.29 is 14.3 Å². The molecule has 1 aliphatic heterocycles. The fourth-order valence-corrected chi connectivity index (χ4v) is 2.22. The quantitative estimate of drug-likeness (QED) is 0.863. The van der Waals surface area contributed by atoms with Crippen LogP contribution in [-0.2, 0) is 11.3 Å². The lowest BCUT2D eigenvalue weighted by Gasteiger charge is -2.21. The molecule has 1 aromatic rings. The summed E-state index contributed by atoms with van der Waals surface area (Å²) in [6.45, 7) is 2.87. The summed E-state index contributed by atoms with van der Waals surface area (Å²) in [4.78, 5) is 13.8. The molecule has 1 heterocycles. The number of nitrogens with two attached hydrogens (primary N) is 1. The van der Waals surface area contributed by atoms with E-state index in [1.165, 1.54) is 0 Å². The molecule has 0 radical (unpaired) electrons. The number of carbonyl (C=O) groups is 1. The van der Waals surface area contributed by atoms with Crippen LogP contribution in [0.2, 0.25) is 0 Å². The highest BCUT2D eigenvalue weighted by molar-refractivity contribution is 5.81. The lowest BCUT2D eigenvalue weighted by Crippen LogP contribution is -2.41. The minimum atomic E-state index is -0.408. The zero-order valence-corrected chi connectivity index (χ0v) is 12.1. The molecule has 1 atom stereocenters. The van der Waals surface area contributed by atoms with Gasteiger partial charge in [-0.15, -0.1) is 0 Å². The Bertz CT molecular complexity index is 476. The first-order chi connectivity index (χ1) is 9.61.